The Hall–Kier alpha value is -2.21. The van der Waals surface area contributed by atoms with E-state index in [-0.39, 0.29) is 17.0 Å². The lowest BCUT2D eigenvalue weighted by Crippen LogP contribution is -2.14. The van der Waals surface area contributed by atoms with Gasteiger partial charge in [0.25, 0.3) is 5.91 Å². The second-order valence-corrected chi connectivity index (χ2v) is 4.89. The van der Waals surface area contributed by atoms with Gasteiger partial charge in [0, 0.05) is 16.6 Å². The highest BCUT2D eigenvalue weighted by molar-refractivity contribution is 7.98. The van der Waals surface area contributed by atoms with E-state index in [1.165, 1.54) is 6.07 Å². The zero-order valence-corrected chi connectivity index (χ0v) is 11.5. The van der Waals surface area contributed by atoms with Gasteiger partial charge in [0.05, 0.1) is 5.56 Å². The van der Waals surface area contributed by atoms with Crippen molar-refractivity contribution in [3.8, 4) is 11.5 Å². The van der Waals surface area contributed by atoms with Crippen LogP contribution in [0.25, 0.3) is 0 Å². The number of nitrogens with two attached hydrogens (primary N) is 2. The molecule has 104 valence electrons. The second kappa shape index (κ2) is 5.83. The number of primary amides is 1. The van der Waals surface area contributed by atoms with Crippen molar-refractivity contribution >= 4 is 23.4 Å². The number of rotatable bonds is 4. The Morgan fingerprint density at radius 2 is 1.90 bits per heavy atom. The standard InChI is InChI=1S/C14H13FN2O2S/c1-20-9-4-2-8(3-5-9)19-13-6-10(14(17)18)12(16)7-11(13)15/h2-7H,16H2,1H3,(H2,17,18). The van der Waals surface area contributed by atoms with Crippen LogP contribution in [0.2, 0.25) is 0 Å². The average molecular weight is 292 g/mol. The van der Waals surface area contributed by atoms with Gasteiger partial charge >= 0.3 is 0 Å². The number of anilines is 1. The van der Waals surface area contributed by atoms with E-state index in [0.717, 1.165) is 11.0 Å². The Kier molecular flexibility index (Phi) is 4.14. The van der Waals surface area contributed by atoms with Crippen molar-refractivity contribution in [1.29, 1.82) is 0 Å². The monoisotopic (exact) mass is 292 g/mol. The van der Waals surface area contributed by atoms with Crippen LogP contribution in [-0.4, -0.2) is 12.2 Å². The fraction of sp³-hybridized carbons (Fsp3) is 0.0714. The van der Waals surface area contributed by atoms with Gasteiger partial charge in [-0.2, -0.15) is 0 Å². The van der Waals surface area contributed by atoms with E-state index in [0.29, 0.717) is 5.75 Å². The first-order valence-electron chi connectivity index (χ1n) is 5.72. The number of nitrogen functional groups attached to an aromatic ring is 1. The fourth-order valence-electron chi connectivity index (χ4n) is 1.63. The molecule has 0 atom stereocenters. The minimum Gasteiger partial charge on any atom is -0.454 e. The quantitative estimate of drug-likeness (QED) is 0.670. The molecule has 0 aliphatic carbocycles. The maximum atomic E-state index is 13.8. The van der Waals surface area contributed by atoms with Crippen molar-refractivity contribution in [2.24, 2.45) is 5.73 Å². The molecule has 6 heteroatoms. The van der Waals surface area contributed by atoms with E-state index < -0.39 is 11.7 Å². The molecule has 0 aliphatic rings. The third-order valence-corrected chi connectivity index (χ3v) is 3.40. The van der Waals surface area contributed by atoms with Crippen LogP contribution in [0, 0.1) is 5.82 Å². The lowest BCUT2D eigenvalue weighted by atomic mass is 10.1. The summed E-state index contributed by atoms with van der Waals surface area (Å²) in [6, 6.07) is 9.35. The Morgan fingerprint density at radius 3 is 2.45 bits per heavy atom. The van der Waals surface area contributed by atoms with Gasteiger partial charge in [0.1, 0.15) is 5.75 Å². The molecule has 2 rings (SSSR count). The SMILES string of the molecule is CSc1ccc(Oc2cc(C(N)=O)c(N)cc2F)cc1. The largest absolute Gasteiger partial charge is 0.454 e. The first-order valence-corrected chi connectivity index (χ1v) is 6.94. The Balaban J connectivity index is 2.32. The summed E-state index contributed by atoms with van der Waals surface area (Å²) >= 11 is 1.59. The lowest BCUT2D eigenvalue weighted by Gasteiger charge is -2.10. The van der Waals surface area contributed by atoms with Gasteiger partial charge in [-0.25, -0.2) is 4.39 Å². The van der Waals surface area contributed by atoms with Crippen LogP contribution in [0.1, 0.15) is 10.4 Å². The van der Waals surface area contributed by atoms with Crippen molar-refractivity contribution in [2.75, 3.05) is 12.0 Å². The molecule has 20 heavy (non-hydrogen) atoms. The van der Waals surface area contributed by atoms with Gasteiger partial charge in [-0.15, -0.1) is 11.8 Å². The molecule has 0 saturated carbocycles. The molecule has 0 radical (unpaired) electrons. The molecule has 0 unspecified atom stereocenters. The van der Waals surface area contributed by atoms with Crippen molar-refractivity contribution in [3.63, 3.8) is 0 Å². The molecule has 1 amide bonds. The number of ether oxygens (including phenoxy) is 1. The van der Waals surface area contributed by atoms with Crippen molar-refractivity contribution in [1.82, 2.24) is 0 Å². The number of halogens is 1. The highest BCUT2D eigenvalue weighted by Crippen LogP contribution is 2.29. The maximum Gasteiger partial charge on any atom is 0.250 e. The summed E-state index contributed by atoms with van der Waals surface area (Å²) in [6.07, 6.45) is 1.95. The van der Waals surface area contributed by atoms with Gasteiger partial charge in [-0.3, -0.25) is 4.79 Å². The highest BCUT2D eigenvalue weighted by Gasteiger charge is 2.13. The summed E-state index contributed by atoms with van der Waals surface area (Å²) in [5.74, 6) is -1.02. The van der Waals surface area contributed by atoms with E-state index in [4.69, 9.17) is 16.2 Å². The van der Waals surface area contributed by atoms with Crippen LogP contribution in [0.3, 0.4) is 0 Å². The van der Waals surface area contributed by atoms with E-state index in [1.54, 1.807) is 23.9 Å². The van der Waals surface area contributed by atoms with Crippen molar-refractivity contribution in [2.45, 2.75) is 4.90 Å². The van der Waals surface area contributed by atoms with Crippen LogP contribution in [0.4, 0.5) is 10.1 Å². The third kappa shape index (κ3) is 3.03. The molecule has 0 saturated heterocycles. The number of carbonyl (C=O) groups is 1. The fourth-order valence-corrected chi connectivity index (χ4v) is 2.04. The molecule has 0 aromatic heterocycles. The molecule has 4 nitrogen and oxygen atoms in total. The number of thioether (sulfide) groups is 1. The summed E-state index contributed by atoms with van der Waals surface area (Å²) in [5.41, 5.74) is 10.7. The molecular weight excluding hydrogens is 279 g/mol. The summed E-state index contributed by atoms with van der Waals surface area (Å²) in [6.45, 7) is 0. The molecule has 4 N–H and O–H groups in total. The Morgan fingerprint density at radius 1 is 1.25 bits per heavy atom. The van der Waals surface area contributed by atoms with E-state index in [2.05, 4.69) is 0 Å². The van der Waals surface area contributed by atoms with E-state index >= 15 is 0 Å². The average Bonchev–Trinajstić information content (AvgIpc) is 2.42. The van der Waals surface area contributed by atoms with Crippen LogP contribution < -0.4 is 16.2 Å². The summed E-state index contributed by atoms with van der Waals surface area (Å²) < 4.78 is 19.2. The van der Waals surface area contributed by atoms with Gasteiger partial charge in [0.2, 0.25) is 0 Å². The van der Waals surface area contributed by atoms with Gasteiger partial charge in [0.15, 0.2) is 11.6 Å². The topological polar surface area (TPSA) is 78.3 Å². The second-order valence-electron chi connectivity index (χ2n) is 4.01. The maximum absolute atomic E-state index is 13.8. The van der Waals surface area contributed by atoms with Crippen molar-refractivity contribution < 1.29 is 13.9 Å². The smallest absolute Gasteiger partial charge is 0.250 e. The number of benzene rings is 2. The van der Waals surface area contributed by atoms with Crippen LogP contribution in [0.5, 0.6) is 11.5 Å². The first kappa shape index (κ1) is 14.2. The predicted molar refractivity (Wildman–Crippen MR) is 77.6 cm³/mol. The van der Waals surface area contributed by atoms with Gasteiger partial charge in [-0.05, 0) is 36.6 Å². The van der Waals surface area contributed by atoms with Crippen LogP contribution in [0.15, 0.2) is 41.3 Å². The van der Waals surface area contributed by atoms with Gasteiger partial charge in [-0.1, -0.05) is 0 Å². The molecule has 2 aromatic carbocycles. The minimum absolute atomic E-state index is 0.0138. The minimum atomic E-state index is -0.731. The highest BCUT2D eigenvalue weighted by atomic mass is 32.2. The molecular formula is C14H13FN2O2S. The summed E-state index contributed by atoms with van der Waals surface area (Å²) in [4.78, 5) is 12.2. The molecule has 2 aromatic rings. The predicted octanol–water partition coefficient (Wildman–Crippen LogP) is 3.02. The van der Waals surface area contributed by atoms with Crippen LogP contribution >= 0.6 is 11.8 Å². The van der Waals surface area contributed by atoms with E-state index in [9.17, 15) is 9.18 Å². The zero-order valence-electron chi connectivity index (χ0n) is 10.7. The molecule has 0 fully saturated rings. The summed E-state index contributed by atoms with van der Waals surface area (Å²) in [5, 5.41) is 0. The Bertz CT molecular complexity index is 644. The van der Waals surface area contributed by atoms with E-state index in [1.807, 2.05) is 18.4 Å². The summed E-state index contributed by atoms with van der Waals surface area (Å²) in [7, 11) is 0. The molecule has 0 spiro atoms. The van der Waals surface area contributed by atoms with Crippen LogP contribution in [-0.2, 0) is 0 Å². The molecule has 0 heterocycles. The molecule has 0 bridgehead atoms. The van der Waals surface area contributed by atoms with Crippen molar-refractivity contribution in [3.05, 3.63) is 47.8 Å². The normalized spacial score (nSPS) is 10.3. The first-order chi connectivity index (χ1) is 9.51. The molecule has 0 aliphatic heterocycles. The third-order valence-electron chi connectivity index (χ3n) is 2.66. The zero-order chi connectivity index (χ0) is 14.7. The lowest BCUT2D eigenvalue weighted by molar-refractivity contribution is 0.100. The number of hydrogen-bond acceptors (Lipinski definition) is 4. The number of amides is 1. The van der Waals surface area contributed by atoms with Gasteiger partial charge < -0.3 is 16.2 Å². The number of carbonyl (C=O) groups excluding carboxylic acids is 1. The Labute approximate surface area is 119 Å². The number of hydrogen-bond donors (Lipinski definition) is 2.